The highest BCUT2D eigenvalue weighted by molar-refractivity contribution is 7.87. The molecular formula is C9H15F3N4O2S. The third-order valence-electron chi connectivity index (χ3n) is 2.40. The second kappa shape index (κ2) is 5.88. The molecule has 2 N–H and O–H groups in total. The molecule has 1 aromatic heterocycles. The minimum absolute atomic E-state index is 0.0944. The van der Waals surface area contributed by atoms with Crippen molar-refractivity contribution >= 4 is 10.2 Å². The highest BCUT2D eigenvalue weighted by Crippen LogP contribution is 2.27. The number of nitrogens with one attached hydrogen (secondary N) is 2. The summed E-state index contributed by atoms with van der Waals surface area (Å²) in [6.07, 6.45) is -3.90. The van der Waals surface area contributed by atoms with E-state index in [0.29, 0.717) is 6.20 Å². The van der Waals surface area contributed by atoms with E-state index in [1.54, 1.807) is 13.8 Å². The highest BCUT2D eigenvalue weighted by Gasteiger charge is 2.33. The number of imidazole rings is 1. The standard InChI is InChI=1S/C9H15F3N4O2S/c1-3-16(4-2)19(17,18)14-6-8-13-5-7(15-8)9(10,11)12/h5,14H,3-4,6H2,1-2H3,(H,13,15). The fraction of sp³-hybridized carbons (Fsp3) is 0.667. The average Bonchev–Trinajstić information content (AvgIpc) is 2.76. The normalized spacial score (nSPS) is 13.2. The minimum Gasteiger partial charge on any atom is -0.337 e. The van der Waals surface area contributed by atoms with Crippen LogP contribution in [-0.2, 0) is 22.9 Å². The molecule has 0 unspecified atom stereocenters. The minimum atomic E-state index is -4.52. The lowest BCUT2D eigenvalue weighted by molar-refractivity contribution is -0.140. The van der Waals surface area contributed by atoms with Crippen LogP contribution in [0.2, 0.25) is 0 Å². The maximum absolute atomic E-state index is 12.3. The predicted molar refractivity (Wildman–Crippen MR) is 62.3 cm³/mol. The van der Waals surface area contributed by atoms with Gasteiger partial charge in [-0.1, -0.05) is 13.8 Å². The van der Waals surface area contributed by atoms with Crippen LogP contribution in [0.25, 0.3) is 0 Å². The largest absolute Gasteiger partial charge is 0.432 e. The molecule has 0 spiro atoms. The van der Waals surface area contributed by atoms with E-state index >= 15 is 0 Å². The van der Waals surface area contributed by atoms with Crippen molar-refractivity contribution in [3.8, 4) is 0 Å². The van der Waals surface area contributed by atoms with Gasteiger partial charge in [0.25, 0.3) is 10.2 Å². The Balaban J connectivity index is 2.70. The van der Waals surface area contributed by atoms with Gasteiger partial charge in [0.15, 0.2) is 0 Å². The van der Waals surface area contributed by atoms with Crippen LogP contribution in [0.5, 0.6) is 0 Å². The molecule has 0 aliphatic rings. The van der Waals surface area contributed by atoms with E-state index in [1.807, 2.05) is 4.98 Å². The number of rotatable bonds is 6. The van der Waals surface area contributed by atoms with Crippen molar-refractivity contribution < 1.29 is 21.6 Å². The Hall–Kier alpha value is -1.13. The number of aromatic nitrogens is 2. The number of nitrogens with zero attached hydrogens (tertiary/aromatic N) is 2. The third-order valence-corrected chi connectivity index (χ3v) is 4.11. The molecule has 0 atom stereocenters. The molecule has 19 heavy (non-hydrogen) atoms. The van der Waals surface area contributed by atoms with E-state index in [-0.39, 0.29) is 25.5 Å². The van der Waals surface area contributed by atoms with Crippen molar-refractivity contribution in [3.05, 3.63) is 17.7 Å². The van der Waals surface area contributed by atoms with Gasteiger partial charge < -0.3 is 4.98 Å². The molecule has 0 aliphatic carbocycles. The smallest absolute Gasteiger partial charge is 0.337 e. The Morgan fingerprint density at radius 2 is 1.95 bits per heavy atom. The summed E-state index contributed by atoms with van der Waals surface area (Å²) in [6.45, 7) is 3.55. The number of H-pyrrole nitrogens is 1. The van der Waals surface area contributed by atoms with Crippen molar-refractivity contribution in [1.29, 1.82) is 0 Å². The summed E-state index contributed by atoms with van der Waals surface area (Å²) < 4.78 is 63.7. The zero-order chi connectivity index (χ0) is 14.7. The first-order valence-electron chi connectivity index (χ1n) is 5.56. The monoisotopic (exact) mass is 300 g/mol. The van der Waals surface area contributed by atoms with Crippen LogP contribution in [-0.4, -0.2) is 35.8 Å². The fourth-order valence-corrected chi connectivity index (χ4v) is 2.59. The maximum Gasteiger partial charge on any atom is 0.432 e. The van der Waals surface area contributed by atoms with Crippen LogP contribution in [0.3, 0.4) is 0 Å². The topological polar surface area (TPSA) is 78.1 Å². The summed E-state index contributed by atoms with van der Waals surface area (Å²) in [5.41, 5.74) is -1.01. The van der Waals surface area contributed by atoms with Gasteiger partial charge in [-0.15, -0.1) is 0 Å². The van der Waals surface area contributed by atoms with E-state index in [9.17, 15) is 21.6 Å². The van der Waals surface area contributed by atoms with E-state index in [1.165, 1.54) is 0 Å². The van der Waals surface area contributed by atoms with Gasteiger partial charge in [0.1, 0.15) is 11.5 Å². The molecule has 6 nitrogen and oxygen atoms in total. The number of hydrogen-bond acceptors (Lipinski definition) is 3. The van der Waals surface area contributed by atoms with Gasteiger partial charge in [0.05, 0.1) is 12.7 Å². The lowest BCUT2D eigenvalue weighted by Crippen LogP contribution is -2.40. The second-order valence-corrected chi connectivity index (χ2v) is 5.41. The number of alkyl halides is 3. The van der Waals surface area contributed by atoms with Crippen LogP contribution in [0, 0.1) is 0 Å². The molecule has 1 aromatic rings. The van der Waals surface area contributed by atoms with E-state index in [0.717, 1.165) is 4.31 Å². The molecule has 0 saturated heterocycles. The van der Waals surface area contributed by atoms with Crippen molar-refractivity contribution in [2.24, 2.45) is 0 Å². The van der Waals surface area contributed by atoms with Gasteiger partial charge in [0, 0.05) is 13.1 Å². The van der Waals surface area contributed by atoms with E-state index in [2.05, 4.69) is 9.71 Å². The zero-order valence-electron chi connectivity index (χ0n) is 10.5. The van der Waals surface area contributed by atoms with Crippen LogP contribution in [0.15, 0.2) is 6.20 Å². The van der Waals surface area contributed by atoms with Gasteiger partial charge >= 0.3 is 6.18 Å². The molecule has 1 rings (SSSR count). The molecule has 0 saturated carbocycles. The summed E-state index contributed by atoms with van der Waals surface area (Å²) in [7, 11) is -3.70. The van der Waals surface area contributed by atoms with Gasteiger partial charge in [0.2, 0.25) is 0 Å². The first kappa shape index (κ1) is 15.9. The fourth-order valence-electron chi connectivity index (χ4n) is 1.41. The van der Waals surface area contributed by atoms with Gasteiger partial charge in [-0.2, -0.15) is 30.6 Å². The maximum atomic E-state index is 12.3. The second-order valence-electron chi connectivity index (χ2n) is 3.65. The number of aromatic amines is 1. The number of halogens is 3. The van der Waals surface area contributed by atoms with Gasteiger partial charge in [-0.25, -0.2) is 4.98 Å². The molecule has 0 bridgehead atoms. The Morgan fingerprint density at radius 1 is 1.37 bits per heavy atom. The molecule has 110 valence electrons. The molecule has 0 aromatic carbocycles. The number of hydrogen-bond donors (Lipinski definition) is 2. The van der Waals surface area contributed by atoms with Crippen molar-refractivity contribution in [2.45, 2.75) is 26.6 Å². The molecule has 0 fully saturated rings. The molecule has 0 aliphatic heterocycles. The van der Waals surface area contributed by atoms with Gasteiger partial charge in [-0.3, -0.25) is 0 Å². The van der Waals surface area contributed by atoms with Crippen molar-refractivity contribution in [1.82, 2.24) is 19.0 Å². The summed E-state index contributed by atoms with van der Waals surface area (Å²) in [6, 6.07) is 0. The average molecular weight is 300 g/mol. The van der Waals surface area contributed by atoms with Crippen LogP contribution >= 0.6 is 0 Å². The van der Waals surface area contributed by atoms with Crippen LogP contribution in [0.4, 0.5) is 13.2 Å². The molecule has 0 radical (unpaired) electrons. The Kier molecular flexibility index (Phi) is 4.93. The molecular weight excluding hydrogens is 285 g/mol. The highest BCUT2D eigenvalue weighted by atomic mass is 32.2. The van der Waals surface area contributed by atoms with E-state index < -0.39 is 22.1 Å². The first-order valence-corrected chi connectivity index (χ1v) is 7.00. The molecule has 0 amide bonds. The van der Waals surface area contributed by atoms with E-state index in [4.69, 9.17) is 0 Å². The summed E-state index contributed by atoms with van der Waals surface area (Å²) >= 11 is 0. The predicted octanol–water partition coefficient (Wildman–Crippen LogP) is 1.10. The van der Waals surface area contributed by atoms with Crippen LogP contribution < -0.4 is 4.72 Å². The van der Waals surface area contributed by atoms with Crippen LogP contribution in [0.1, 0.15) is 25.4 Å². The Bertz CT molecular complexity index is 508. The first-order chi connectivity index (χ1) is 8.70. The summed E-state index contributed by atoms with van der Waals surface area (Å²) in [4.78, 5) is 5.49. The SMILES string of the molecule is CCN(CC)S(=O)(=O)NCc1ncc(C(F)(F)F)[nH]1. The van der Waals surface area contributed by atoms with Crippen molar-refractivity contribution in [2.75, 3.05) is 13.1 Å². The zero-order valence-corrected chi connectivity index (χ0v) is 11.3. The Labute approximate surface area is 109 Å². The molecule has 1 heterocycles. The summed E-state index contributed by atoms with van der Waals surface area (Å²) in [5.74, 6) is -0.0944. The third kappa shape index (κ3) is 4.18. The van der Waals surface area contributed by atoms with Gasteiger partial charge in [-0.05, 0) is 0 Å². The lowest BCUT2D eigenvalue weighted by atomic mass is 10.5. The quantitative estimate of drug-likeness (QED) is 0.826. The van der Waals surface area contributed by atoms with Crippen molar-refractivity contribution in [3.63, 3.8) is 0 Å². The molecule has 10 heteroatoms. The Morgan fingerprint density at radius 3 is 2.37 bits per heavy atom. The lowest BCUT2D eigenvalue weighted by Gasteiger charge is -2.18. The summed E-state index contributed by atoms with van der Waals surface area (Å²) in [5, 5.41) is 0.